The highest BCUT2D eigenvalue weighted by atomic mass is 32.1. The number of urea groups is 1. The van der Waals surface area contributed by atoms with E-state index >= 15 is 0 Å². The molecule has 7 nitrogen and oxygen atoms in total. The molecule has 2 rings (SSSR count). The Labute approximate surface area is 170 Å². The second-order valence-electron chi connectivity index (χ2n) is 8.81. The van der Waals surface area contributed by atoms with E-state index in [1.165, 1.54) is 16.2 Å². The molecule has 1 N–H and O–H groups in total. The summed E-state index contributed by atoms with van der Waals surface area (Å²) in [5.41, 5.74) is -1.59. The maximum atomic E-state index is 13.2. The van der Waals surface area contributed by atoms with Crippen LogP contribution in [-0.2, 0) is 16.1 Å². The van der Waals surface area contributed by atoms with E-state index in [9.17, 15) is 19.5 Å². The molecule has 1 aliphatic rings. The minimum absolute atomic E-state index is 0.0672. The second kappa shape index (κ2) is 7.81. The molecule has 0 radical (unpaired) electrons. The maximum absolute atomic E-state index is 13.2. The predicted molar refractivity (Wildman–Crippen MR) is 108 cm³/mol. The van der Waals surface area contributed by atoms with Crippen molar-refractivity contribution >= 4 is 29.2 Å². The van der Waals surface area contributed by atoms with Gasteiger partial charge in [0.2, 0.25) is 0 Å². The molecule has 8 heteroatoms. The number of thiazole rings is 1. The standard InChI is InChI=1S/C20H31N3O4S/c1-8-13(4)20(17(25)26,19(5,6)7)23-10-15(24)22(18(23)27)9-14-11-28-16(21-14)12(2)3/h11-13H,8-10H2,1-7H3,(H,25,26)/t13-,20+/m0/s1. The van der Waals surface area contributed by atoms with Crippen molar-refractivity contribution < 1.29 is 19.5 Å². The lowest BCUT2D eigenvalue weighted by atomic mass is 9.64. The zero-order valence-corrected chi connectivity index (χ0v) is 18.6. The van der Waals surface area contributed by atoms with Crippen LogP contribution in [0.15, 0.2) is 5.38 Å². The van der Waals surface area contributed by atoms with Gasteiger partial charge in [-0.3, -0.25) is 14.6 Å². The summed E-state index contributed by atoms with van der Waals surface area (Å²) in [6, 6.07) is -0.554. The number of carbonyl (C=O) groups is 3. The molecule has 156 valence electrons. The fourth-order valence-corrected chi connectivity index (χ4v) is 4.97. The van der Waals surface area contributed by atoms with Gasteiger partial charge in [-0.15, -0.1) is 11.3 Å². The first-order valence-corrected chi connectivity index (χ1v) is 10.6. The Morgan fingerprint density at radius 2 is 1.89 bits per heavy atom. The normalized spacial score (nSPS) is 18.7. The summed E-state index contributed by atoms with van der Waals surface area (Å²) in [6.45, 7) is 13.1. The van der Waals surface area contributed by atoms with Crippen molar-refractivity contribution in [2.75, 3.05) is 6.54 Å². The Kier molecular flexibility index (Phi) is 6.23. The minimum Gasteiger partial charge on any atom is -0.479 e. The number of amides is 3. The zero-order chi connectivity index (χ0) is 21.4. The highest BCUT2D eigenvalue weighted by Gasteiger charge is 2.61. The van der Waals surface area contributed by atoms with Crippen LogP contribution >= 0.6 is 11.3 Å². The van der Waals surface area contributed by atoms with E-state index < -0.39 is 23.0 Å². The number of nitrogens with zero attached hydrogens (tertiary/aromatic N) is 3. The van der Waals surface area contributed by atoms with Crippen molar-refractivity contribution in [3.8, 4) is 0 Å². The summed E-state index contributed by atoms with van der Waals surface area (Å²) in [6.07, 6.45) is 0.575. The van der Waals surface area contributed by atoms with Gasteiger partial charge in [-0.05, 0) is 11.3 Å². The number of hydrogen-bond donors (Lipinski definition) is 1. The van der Waals surface area contributed by atoms with Gasteiger partial charge in [0.25, 0.3) is 5.91 Å². The summed E-state index contributed by atoms with van der Waals surface area (Å²) < 4.78 is 0. The van der Waals surface area contributed by atoms with Gasteiger partial charge in [0.15, 0.2) is 0 Å². The molecule has 2 atom stereocenters. The van der Waals surface area contributed by atoms with Crippen LogP contribution < -0.4 is 0 Å². The van der Waals surface area contributed by atoms with Crippen LogP contribution in [-0.4, -0.2) is 49.9 Å². The van der Waals surface area contributed by atoms with E-state index in [1.54, 1.807) is 0 Å². The van der Waals surface area contributed by atoms with Crippen molar-refractivity contribution in [2.24, 2.45) is 11.3 Å². The molecule has 1 fully saturated rings. The number of aromatic nitrogens is 1. The molecule has 0 spiro atoms. The monoisotopic (exact) mass is 409 g/mol. The van der Waals surface area contributed by atoms with Crippen molar-refractivity contribution in [1.82, 2.24) is 14.8 Å². The molecule has 0 aromatic carbocycles. The van der Waals surface area contributed by atoms with Crippen molar-refractivity contribution in [1.29, 1.82) is 0 Å². The Balaban J connectivity index is 2.41. The van der Waals surface area contributed by atoms with E-state index in [0.717, 1.165) is 9.91 Å². The van der Waals surface area contributed by atoms with Crippen LogP contribution in [0.1, 0.15) is 71.5 Å². The third-order valence-electron chi connectivity index (χ3n) is 5.66. The molecule has 0 bridgehead atoms. The predicted octanol–water partition coefficient (Wildman–Crippen LogP) is 3.95. The number of hydrogen-bond acceptors (Lipinski definition) is 5. The number of rotatable bonds is 7. The van der Waals surface area contributed by atoms with Crippen molar-refractivity contribution in [3.05, 3.63) is 16.1 Å². The topological polar surface area (TPSA) is 90.8 Å². The molecule has 2 heterocycles. The number of imide groups is 1. The highest BCUT2D eigenvalue weighted by Crippen LogP contribution is 2.45. The van der Waals surface area contributed by atoms with Gasteiger partial charge in [0.05, 0.1) is 17.2 Å². The number of carboxylic acid groups (broad SMARTS) is 1. The van der Waals surface area contributed by atoms with Crippen LogP contribution in [0, 0.1) is 11.3 Å². The zero-order valence-electron chi connectivity index (χ0n) is 17.8. The number of aliphatic carboxylic acids is 1. The van der Waals surface area contributed by atoms with Gasteiger partial charge in [-0.1, -0.05) is 54.9 Å². The molecule has 0 unspecified atom stereocenters. The molecule has 3 amide bonds. The average molecular weight is 410 g/mol. The first kappa shape index (κ1) is 22.3. The van der Waals surface area contributed by atoms with Gasteiger partial charge in [0.1, 0.15) is 12.1 Å². The van der Waals surface area contributed by atoms with E-state index in [1.807, 2.05) is 53.8 Å². The van der Waals surface area contributed by atoms with Gasteiger partial charge in [-0.2, -0.15) is 0 Å². The Morgan fingerprint density at radius 1 is 1.29 bits per heavy atom. The lowest BCUT2D eigenvalue weighted by Gasteiger charge is -2.50. The first-order chi connectivity index (χ1) is 12.9. The Morgan fingerprint density at radius 3 is 2.32 bits per heavy atom. The number of carbonyl (C=O) groups excluding carboxylic acids is 2. The maximum Gasteiger partial charge on any atom is 0.330 e. The highest BCUT2D eigenvalue weighted by molar-refractivity contribution is 7.09. The third kappa shape index (κ3) is 3.54. The van der Waals surface area contributed by atoms with Gasteiger partial charge in [0, 0.05) is 11.3 Å². The van der Waals surface area contributed by atoms with Crippen LogP contribution in [0.3, 0.4) is 0 Å². The van der Waals surface area contributed by atoms with Crippen LogP contribution in [0.2, 0.25) is 0 Å². The van der Waals surface area contributed by atoms with Crippen LogP contribution in [0.4, 0.5) is 4.79 Å². The molecule has 1 aromatic heterocycles. The van der Waals surface area contributed by atoms with Crippen molar-refractivity contribution in [3.63, 3.8) is 0 Å². The molecule has 1 aromatic rings. The smallest absolute Gasteiger partial charge is 0.330 e. The van der Waals surface area contributed by atoms with E-state index in [0.29, 0.717) is 12.1 Å². The van der Waals surface area contributed by atoms with Gasteiger partial charge >= 0.3 is 12.0 Å². The van der Waals surface area contributed by atoms with E-state index in [2.05, 4.69) is 4.98 Å². The summed E-state index contributed by atoms with van der Waals surface area (Å²) in [4.78, 5) is 45.3. The Hall–Kier alpha value is -1.96. The summed E-state index contributed by atoms with van der Waals surface area (Å²) in [7, 11) is 0. The quantitative estimate of drug-likeness (QED) is 0.689. The molecular formula is C20H31N3O4S. The minimum atomic E-state index is -1.48. The molecule has 1 aliphatic heterocycles. The summed E-state index contributed by atoms with van der Waals surface area (Å²) >= 11 is 1.50. The first-order valence-electron chi connectivity index (χ1n) is 9.67. The van der Waals surface area contributed by atoms with E-state index in [4.69, 9.17) is 0 Å². The van der Waals surface area contributed by atoms with Crippen LogP contribution in [0.25, 0.3) is 0 Å². The lowest BCUT2D eigenvalue weighted by Crippen LogP contribution is -2.66. The fourth-order valence-electron chi connectivity index (χ4n) is 4.15. The fraction of sp³-hybridized carbons (Fsp3) is 0.700. The molecular weight excluding hydrogens is 378 g/mol. The van der Waals surface area contributed by atoms with Gasteiger partial charge in [-0.25, -0.2) is 14.6 Å². The number of carboxylic acids is 1. The van der Waals surface area contributed by atoms with Crippen LogP contribution in [0.5, 0.6) is 0 Å². The second-order valence-corrected chi connectivity index (χ2v) is 9.70. The average Bonchev–Trinajstić information content (AvgIpc) is 3.15. The Bertz CT molecular complexity index is 768. The van der Waals surface area contributed by atoms with Gasteiger partial charge < -0.3 is 5.11 Å². The third-order valence-corrected chi connectivity index (χ3v) is 6.85. The largest absolute Gasteiger partial charge is 0.479 e. The summed E-state index contributed by atoms with van der Waals surface area (Å²) in [5, 5.41) is 13.0. The summed E-state index contributed by atoms with van der Waals surface area (Å²) in [5.74, 6) is -1.52. The van der Waals surface area contributed by atoms with E-state index in [-0.39, 0.29) is 30.8 Å². The molecule has 0 aliphatic carbocycles. The SMILES string of the molecule is CC[C@H](C)[C@](C(=O)O)(N1CC(=O)N(Cc2csc(C(C)C)n2)C1=O)C(C)(C)C. The molecule has 1 saturated heterocycles. The molecule has 28 heavy (non-hydrogen) atoms. The lowest BCUT2D eigenvalue weighted by molar-refractivity contribution is -0.162. The molecule has 0 saturated carbocycles. The van der Waals surface area contributed by atoms with Crippen molar-refractivity contribution in [2.45, 2.75) is 72.9 Å².